The summed E-state index contributed by atoms with van der Waals surface area (Å²) in [5.41, 5.74) is -1.50. The lowest BCUT2D eigenvalue weighted by molar-refractivity contribution is -0.141. The van der Waals surface area contributed by atoms with Crippen molar-refractivity contribution in [1.82, 2.24) is 15.3 Å². The number of anilines is 1. The molecule has 34 heavy (non-hydrogen) atoms. The molecule has 0 aliphatic heterocycles. The third-order valence-corrected chi connectivity index (χ3v) is 4.63. The first-order valence-electron chi connectivity index (χ1n) is 10.2. The van der Waals surface area contributed by atoms with Gasteiger partial charge < -0.3 is 5.32 Å². The highest BCUT2D eigenvalue weighted by Gasteiger charge is 2.36. The molecule has 0 aliphatic rings. The Morgan fingerprint density at radius 3 is 2.15 bits per heavy atom. The third-order valence-electron chi connectivity index (χ3n) is 4.63. The minimum absolute atomic E-state index is 0.157. The zero-order valence-electron chi connectivity index (χ0n) is 18.6. The molecule has 2 aromatic heterocycles. The summed E-state index contributed by atoms with van der Waals surface area (Å²) in [7, 11) is 0. The summed E-state index contributed by atoms with van der Waals surface area (Å²) in [4.78, 5) is 35.4. The van der Waals surface area contributed by atoms with Gasteiger partial charge in [0.1, 0.15) is 17.6 Å². The summed E-state index contributed by atoms with van der Waals surface area (Å²) in [6.07, 6.45) is -0.986. The summed E-state index contributed by atoms with van der Waals surface area (Å²) in [6.45, 7) is 5.28. The second kappa shape index (κ2) is 9.58. The molecule has 1 N–H and O–H groups in total. The van der Waals surface area contributed by atoms with Crippen molar-refractivity contribution in [3.05, 3.63) is 89.8 Å². The number of hydrogen-bond acceptors (Lipinski definition) is 4. The quantitative estimate of drug-likeness (QED) is 0.532. The van der Waals surface area contributed by atoms with Crippen molar-refractivity contribution in [2.24, 2.45) is 0 Å². The van der Waals surface area contributed by atoms with Crippen LogP contribution in [0.4, 0.5) is 23.2 Å². The van der Waals surface area contributed by atoms with Crippen molar-refractivity contribution in [3.8, 4) is 0 Å². The van der Waals surface area contributed by atoms with E-state index in [1.165, 1.54) is 24.5 Å². The van der Waals surface area contributed by atoms with Crippen LogP contribution in [-0.4, -0.2) is 27.3 Å². The molecule has 2 heterocycles. The lowest BCUT2D eigenvalue weighted by Gasteiger charge is -2.33. The van der Waals surface area contributed by atoms with Gasteiger partial charge >= 0.3 is 6.18 Å². The van der Waals surface area contributed by atoms with Crippen LogP contribution >= 0.6 is 0 Å². The second-order valence-corrected chi connectivity index (χ2v) is 8.51. The molecule has 1 atom stereocenters. The van der Waals surface area contributed by atoms with Gasteiger partial charge in [-0.15, -0.1) is 0 Å². The fraction of sp³-hybridized carbons (Fsp3) is 0.250. The number of halogens is 4. The summed E-state index contributed by atoms with van der Waals surface area (Å²) in [5.74, 6) is -1.92. The molecule has 0 aliphatic carbocycles. The van der Waals surface area contributed by atoms with Crippen LogP contribution in [0, 0.1) is 5.82 Å². The SMILES string of the molecule is CC(C)(C)NC(=O)C(c1cccnc1)N(C(=O)c1ccc(C(F)(F)F)nc1)c1ccc(F)cc1. The number of rotatable bonds is 5. The number of nitrogens with zero attached hydrogens (tertiary/aromatic N) is 3. The van der Waals surface area contributed by atoms with Crippen molar-refractivity contribution in [2.45, 2.75) is 38.5 Å². The van der Waals surface area contributed by atoms with Crippen LogP contribution in [0.5, 0.6) is 0 Å². The number of hydrogen-bond donors (Lipinski definition) is 1. The monoisotopic (exact) mass is 474 g/mol. The first-order valence-corrected chi connectivity index (χ1v) is 10.2. The molecule has 3 rings (SSSR count). The molecule has 0 bridgehead atoms. The van der Waals surface area contributed by atoms with Gasteiger partial charge in [0.2, 0.25) is 5.91 Å². The molecule has 0 spiro atoms. The normalized spacial score (nSPS) is 12.7. The topological polar surface area (TPSA) is 75.2 Å². The maximum absolute atomic E-state index is 13.6. The minimum atomic E-state index is -4.68. The van der Waals surface area contributed by atoms with Gasteiger partial charge in [-0.3, -0.25) is 24.5 Å². The van der Waals surface area contributed by atoms with E-state index in [0.717, 1.165) is 29.3 Å². The Morgan fingerprint density at radius 1 is 0.971 bits per heavy atom. The molecule has 178 valence electrons. The Labute approximate surface area is 193 Å². The second-order valence-electron chi connectivity index (χ2n) is 8.51. The minimum Gasteiger partial charge on any atom is -0.349 e. The van der Waals surface area contributed by atoms with E-state index in [1.54, 1.807) is 32.9 Å². The van der Waals surface area contributed by atoms with Crippen LogP contribution in [0.2, 0.25) is 0 Å². The van der Waals surface area contributed by atoms with Crippen LogP contribution < -0.4 is 10.2 Å². The molecule has 1 unspecified atom stereocenters. The fourth-order valence-electron chi connectivity index (χ4n) is 3.21. The highest BCUT2D eigenvalue weighted by molar-refractivity contribution is 6.10. The molecule has 10 heteroatoms. The van der Waals surface area contributed by atoms with E-state index in [-0.39, 0.29) is 11.3 Å². The summed E-state index contributed by atoms with van der Waals surface area (Å²) in [5, 5.41) is 2.82. The van der Waals surface area contributed by atoms with Gasteiger partial charge in [0.15, 0.2) is 0 Å². The standard InChI is InChI=1S/C24H22F4N4O2/c1-23(2,3)31-21(33)20(15-5-4-12-29-13-15)32(18-9-7-17(25)8-10-18)22(34)16-6-11-19(30-14-16)24(26,27)28/h4-14,20H,1-3H3,(H,31,33). The number of carbonyl (C=O) groups excluding carboxylic acids is 2. The smallest absolute Gasteiger partial charge is 0.349 e. The third kappa shape index (κ3) is 5.94. The van der Waals surface area contributed by atoms with Gasteiger partial charge in [-0.2, -0.15) is 13.2 Å². The van der Waals surface area contributed by atoms with Crippen LogP contribution in [0.15, 0.2) is 67.1 Å². The van der Waals surface area contributed by atoms with Gasteiger partial charge in [0, 0.05) is 35.4 Å². The summed E-state index contributed by atoms with van der Waals surface area (Å²) in [6, 6.07) is 8.42. The molecule has 0 fully saturated rings. The summed E-state index contributed by atoms with van der Waals surface area (Å²) >= 11 is 0. The molecule has 0 saturated heterocycles. The Morgan fingerprint density at radius 2 is 1.65 bits per heavy atom. The number of pyridine rings is 2. The largest absolute Gasteiger partial charge is 0.433 e. The zero-order valence-corrected chi connectivity index (χ0v) is 18.6. The fourth-order valence-corrected chi connectivity index (χ4v) is 3.21. The molecule has 0 radical (unpaired) electrons. The van der Waals surface area contributed by atoms with Gasteiger partial charge in [-0.1, -0.05) is 6.07 Å². The van der Waals surface area contributed by atoms with Gasteiger partial charge in [0.25, 0.3) is 5.91 Å². The van der Waals surface area contributed by atoms with Crippen LogP contribution in [0.3, 0.4) is 0 Å². The van der Waals surface area contributed by atoms with Crippen molar-refractivity contribution >= 4 is 17.5 Å². The molecule has 6 nitrogen and oxygen atoms in total. The van der Waals surface area contributed by atoms with E-state index >= 15 is 0 Å². The van der Waals surface area contributed by atoms with E-state index < -0.39 is 41.1 Å². The van der Waals surface area contributed by atoms with Gasteiger partial charge in [-0.25, -0.2) is 4.39 Å². The lowest BCUT2D eigenvalue weighted by Crippen LogP contribution is -2.49. The van der Waals surface area contributed by atoms with E-state index in [9.17, 15) is 27.2 Å². The highest BCUT2D eigenvalue weighted by Crippen LogP contribution is 2.31. The maximum atomic E-state index is 13.6. The average molecular weight is 474 g/mol. The Hall–Kier alpha value is -3.82. The number of carbonyl (C=O) groups is 2. The Kier molecular flexibility index (Phi) is 6.99. The predicted octanol–water partition coefficient (Wildman–Crippen LogP) is 4.94. The first-order chi connectivity index (χ1) is 15.9. The number of nitrogens with one attached hydrogen (secondary N) is 1. The van der Waals surface area contributed by atoms with E-state index in [1.807, 2.05) is 0 Å². The van der Waals surface area contributed by atoms with Crippen LogP contribution in [0.1, 0.15) is 48.4 Å². The highest BCUT2D eigenvalue weighted by atomic mass is 19.4. The molecular formula is C24H22F4N4O2. The number of alkyl halides is 3. The number of aromatic nitrogens is 2. The number of benzene rings is 1. The van der Waals surface area contributed by atoms with Crippen molar-refractivity contribution in [1.29, 1.82) is 0 Å². The van der Waals surface area contributed by atoms with Crippen molar-refractivity contribution in [3.63, 3.8) is 0 Å². The molecular weight excluding hydrogens is 452 g/mol. The van der Waals surface area contributed by atoms with E-state index in [2.05, 4.69) is 15.3 Å². The van der Waals surface area contributed by atoms with E-state index in [4.69, 9.17) is 0 Å². The molecule has 0 saturated carbocycles. The maximum Gasteiger partial charge on any atom is 0.433 e. The average Bonchev–Trinajstić information content (AvgIpc) is 2.76. The number of amides is 2. The van der Waals surface area contributed by atoms with Crippen LogP contribution in [0.25, 0.3) is 0 Å². The van der Waals surface area contributed by atoms with Gasteiger partial charge in [-0.05, 0) is 63.2 Å². The molecule has 2 amide bonds. The Balaban J connectivity index is 2.15. The van der Waals surface area contributed by atoms with Crippen molar-refractivity contribution in [2.75, 3.05) is 4.90 Å². The first kappa shape index (κ1) is 24.8. The van der Waals surface area contributed by atoms with E-state index in [0.29, 0.717) is 11.6 Å². The zero-order chi connectivity index (χ0) is 25.1. The lowest BCUT2D eigenvalue weighted by atomic mass is 10.0. The van der Waals surface area contributed by atoms with Gasteiger partial charge in [0.05, 0.1) is 5.56 Å². The molecule has 3 aromatic rings. The molecule has 1 aromatic carbocycles. The predicted molar refractivity (Wildman–Crippen MR) is 117 cm³/mol. The Bertz CT molecular complexity index is 1140. The van der Waals surface area contributed by atoms with Crippen LogP contribution in [-0.2, 0) is 11.0 Å². The summed E-state index contributed by atoms with van der Waals surface area (Å²) < 4.78 is 52.5. The van der Waals surface area contributed by atoms with Crippen molar-refractivity contribution < 1.29 is 27.2 Å².